The molecule has 0 unspecified atom stereocenters. The van der Waals surface area contributed by atoms with Gasteiger partial charge in [0.05, 0.1) is 0 Å². The van der Waals surface area contributed by atoms with Gasteiger partial charge in [0.1, 0.15) is 0 Å². The zero-order valence-electron chi connectivity index (χ0n) is 14.7. The van der Waals surface area contributed by atoms with E-state index in [1.165, 1.54) is 52.4 Å². The van der Waals surface area contributed by atoms with Crippen molar-refractivity contribution in [1.82, 2.24) is 4.98 Å². The Morgan fingerprint density at radius 2 is 1.65 bits per heavy atom. The Bertz CT molecular complexity index is 1360. The van der Waals surface area contributed by atoms with Gasteiger partial charge < -0.3 is 0 Å². The van der Waals surface area contributed by atoms with Gasteiger partial charge in [0.2, 0.25) is 0 Å². The van der Waals surface area contributed by atoms with Crippen molar-refractivity contribution in [3.8, 4) is 11.3 Å². The summed E-state index contributed by atoms with van der Waals surface area (Å²) in [5, 5.41) is 5.49. The van der Waals surface area contributed by atoms with Crippen molar-refractivity contribution in [2.24, 2.45) is 0 Å². The second-order valence-corrected chi connectivity index (χ2v) is 9.92. The van der Waals surface area contributed by atoms with Crippen LogP contribution in [0.25, 0.3) is 41.3 Å². The van der Waals surface area contributed by atoms with Crippen molar-refractivity contribution in [2.45, 2.75) is 19.3 Å². The molecule has 2 heteroatoms. The molecule has 2 aromatic heterocycles. The Labute approximate surface area is 158 Å². The molecular formula is C24H17NSe. The van der Waals surface area contributed by atoms with Crippen LogP contribution in [0.5, 0.6) is 0 Å². The van der Waals surface area contributed by atoms with E-state index in [1.54, 1.807) is 0 Å². The molecule has 1 aliphatic carbocycles. The summed E-state index contributed by atoms with van der Waals surface area (Å²) in [6.45, 7) is 4.76. The number of rotatable bonds is 0. The van der Waals surface area contributed by atoms with Crippen LogP contribution in [0.3, 0.4) is 0 Å². The SMILES string of the molecule is CC1(C)c2c(ccc3ccccc23)-c2nccc3[se]c4cccc1c4c23. The predicted octanol–water partition coefficient (Wildman–Crippen LogP) is 5.90. The summed E-state index contributed by atoms with van der Waals surface area (Å²) >= 11 is 0.378. The Morgan fingerprint density at radius 3 is 2.58 bits per heavy atom. The molecule has 1 nitrogen and oxygen atoms in total. The van der Waals surface area contributed by atoms with Gasteiger partial charge in [0.15, 0.2) is 0 Å². The van der Waals surface area contributed by atoms with E-state index in [0.29, 0.717) is 14.5 Å². The van der Waals surface area contributed by atoms with Crippen molar-refractivity contribution in [3.63, 3.8) is 0 Å². The molecule has 0 saturated heterocycles. The molecule has 0 spiro atoms. The molecule has 0 aliphatic heterocycles. The predicted molar refractivity (Wildman–Crippen MR) is 111 cm³/mol. The molecule has 0 atom stereocenters. The Morgan fingerprint density at radius 1 is 0.808 bits per heavy atom. The van der Waals surface area contributed by atoms with Crippen molar-refractivity contribution in [1.29, 1.82) is 0 Å². The molecule has 0 amide bonds. The molecule has 3 aromatic carbocycles. The van der Waals surface area contributed by atoms with Gasteiger partial charge in [-0.15, -0.1) is 0 Å². The quantitative estimate of drug-likeness (QED) is 0.296. The van der Waals surface area contributed by atoms with E-state index in [9.17, 15) is 0 Å². The van der Waals surface area contributed by atoms with E-state index in [0.717, 1.165) is 0 Å². The van der Waals surface area contributed by atoms with Crippen LogP contribution < -0.4 is 0 Å². The fourth-order valence-electron chi connectivity index (χ4n) is 4.77. The number of hydrogen-bond acceptors (Lipinski definition) is 1. The van der Waals surface area contributed by atoms with Gasteiger partial charge in [-0.3, -0.25) is 0 Å². The topological polar surface area (TPSA) is 12.9 Å². The molecule has 0 radical (unpaired) electrons. The first kappa shape index (κ1) is 14.7. The summed E-state index contributed by atoms with van der Waals surface area (Å²) in [5.41, 5.74) is 5.25. The van der Waals surface area contributed by atoms with Gasteiger partial charge in [0, 0.05) is 0 Å². The Kier molecular flexibility index (Phi) is 2.75. The first-order valence-electron chi connectivity index (χ1n) is 8.99. The van der Waals surface area contributed by atoms with E-state index in [-0.39, 0.29) is 5.41 Å². The molecule has 1 aliphatic rings. The van der Waals surface area contributed by atoms with E-state index in [4.69, 9.17) is 4.98 Å². The van der Waals surface area contributed by atoms with Crippen molar-refractivity contribution in [3.05, 3.63) is 78.0 Å². The number of pyridine rings is 1. The fraction of sp³-hybridized carbons (Fsp3) is 0.125. The Balaban J connectivity index is 1.96. The number of aromatic nitrogens is 1. The molecule has 0 saturated carbocycles. The van der Waals surface area contributed by atoms with E-state index in [2.05, 4.69) is 74.5 Å². The van der Waals surface area contributed by atoms with Crippen LogP contribution in [0.4, 0.5) is 0 Å². The molecular weight excluding hydrogens is 381 g/mol. The van der Waals surface area contributed by atoms with Crippen molar-refractivity contribution >= 4 is 44.6 Å². The zero-order chi connectivity index (χ0) is 17.5. The standard InChI is InChI=1S/C24H17NSe/c1-24(2)17-8-5-9-18-20(17)21-19(26-18)12-13-25-23(21)16-11-10-14-6-3-4-7-15(14)22(16)24/h3-13H,1-2H3. The van der Waals surface area contributed by atoms with Gasteiger partial charge in [-0.05, 0) is 0 Å². The van der Waals surface area contributed by atoms with Crippen LogP contribution in [0.2, 0.25) is 0 Å². The zero-order valence-corrected chi connectivity index (χ0v) is 16.4. The maximum absolute atomic E-state index is 4.90. The molecule has 6 rings (SSSR count). The molecule has 0 fully saturated rings. The Hall–Kier alpha value is -2.41. The minimum absolute atomic E-state index is 0.0695. The van der Waals surface area contributed by atoms with E-state index < -0.39 is 0 Å². The van der Waals surface area contributed by atoms with Gasteiger partial charge in [0.25, 0.3) is 0 Å². The summed E-state index contributed by atoms with van der Waals surface area (Å²) in [4.78, 5) is 4.90. The fourth-order valence-corrected chi connectivity index (χ4v) is 7.13. The monoisotopic (exact) mass is 399 g/mol. The van der Waals surface area contributed by atoms with E-state index >= 15 is 0 Å². The van der Waals surface area contributed by atoms with Gasteiger partial charge in [-0.25, -0.2) is 0 Å². The van der Waals surface area contributed by atoms with Crippen LogP contribution >= 0.6 is 0 Å². The normalized spacial score (nSPS) is 14.8. The summed E-state index contributed by atoms with van der Waals surface area (Å²) in [6, 6.07) is 22.4. The number of nitrogens with zero attached hydrogens (tertiary/aromatic N) is 1. The third-order valence-electron chi connectivity index (χ3n) is 5.89. The second kappa shape index (κ2) is 4.85. The second-order valence-electron chi connectivity index (χ2n) is 7.65. The van der Waals surface area contributed by atoms with Crippen LogP contribution in [-0.2, 0) is 5.41 Å². The number of benzene rings is 3. The van der Waals surface area contributed by atoms with Crippen LogP contribution in [0, 0.1) is 0 Å². The molecule has 5 aromatic rings. The molecule has 124 valence electrons. The summed E-state index contributed by atoms with van der Waals surface area (Å²) in [7, 11) is 0. The van der Waals surface area contributed by atoms with Crippen LogP contribution in [0.1, 0.15) is 25.0 Å². The third kappa shape index (κ3) is 1.69. The van der Waals surface area contributed by atoms with Crippen LogP contribution in [-0.4, -0.2) is 19.5 Å². The van der Waals surface area contributed by atoms with Gasteiger partial charge in [-0.2, -0.15) is 0 Å². The molecule has 0 bridgehead atoms. The number of hydrogen-bond donors (Lipinski definition) is 0. The minimum atomic E-state index is -0.0695. The molecule has 26 heavy (non-hydrogen) atoms. The van der Waals surface area contributed by atoms with Gasteiger partial charge in [-0.1, -0.05) is 0 Å². The first-order valence-corrected chi connectivity index (χ1v) is 10.7. The van der Waals surface area contributed by atoms with E-state index in [1.807, 2.05) is 6.20 Å². The summed E-state index contributed by atoms with van der Waals surface area (Å²) in [6.07, 6.45) is 2.00. The van der Waals surface area contributed by atoms with Crippen molar-refractivity contribution in [2.75, 3.05) is 0 Å². The average molecular weight is 398 g/mol. The first-order chi connectivity index (χ1) is 12.7. The summed E-state index contributed by atoms with van der Waals surface area (Å²) in [5.74, 6) is 0. The third-order valence-corrected chi connectivity index (χ3v) is 8.24. The molecule has 0 N–H and O–H groups in total. The summed E-state index contributed by atoms with van der Waals surface area (Å²) < 4.78 is 2.98. The van der Waals surface area contributed by atoms with Crippen LogP contribution in [0.15, 0.2) is 66.9 Å². The number of fused-ring (bicyclic) bond motifs is 4. The average Bonchev–Trinajstić information content (AvgIpc) is 3.01. The van der Waals surface area contributed by atoms with Crippen molar-refractivity contribution < 1.29 is 0 Å². The maximum atomic E-state index is 4.90. The van der Waals surface area contributed by atoms with Gasteiger partial charge >= 0.3 is 158 Å². The molecule has 2 heterocycles.